The van der Waals surface area contributed by atoms with E-state index in [4.69, 9.17) is 4.74 Å². The zero-order valence-electron chi connectivity index (χ0n) is 17.0. The summed E-state index contributed by atoms with van der Waals surface area (Å²) < 4.78 is 31.3. The second kappa shape index (κ2) is 9.73. The van der Waals surface area contributed by atoms with Crippen molar-refractivity contribution in [1.82, 2.24) is 4.31 Å². The van der Waals surface area contributed by atoms with Crippen LogP contribution in [0, 0.1) is 0 Å². The Balaban J connectivity index is 2.23. The van der Waals surface area contributed by atoms with E-state index in [0.29, 0.717) is 5.69 Å². The number of methoxy groups -OCH3 is 1. The maximum Gasteiger partial charge on any atom is 0.246 e. The van der Waals surface area contributed by atoms with Gasteiger partial charge in [-0.05, 0) is 37.3 Å². The van der Waals surface area contributed by atoms with Gasteiger partial charge in [-0.25, -0.2) is 12.7 Å². The number of ether oxygens (including phenoxy) is 1. The molecule has 0 saturated heterocycles. The molecule has 0 fully saturated rings. The monoisotopic (exact) mass is 421 g/mol. The highest BCUT2D eigenvalue weighted by Gasteiger charge is 2.23. The smallest absolute Gasteiger partial charge is 0.246 e. The van der Waals surface area contributed by atoms with Crippen LogP contribution in [-0.4, -0.2) is 64.1 Å². The van der Waals surface area contributed by atoms with E-state index < -0.39 is 16.1 Å². The Labute approximate surface area is 171 Å². The fourth-order valence-electron chi connectivity index (χ4n) is 2.75. The van der Waals surface area contributed by atoms with Gasteiger partial charge in [-0.2, -0.15) is 0 Å². The van der Waals surface area contributed by atoms with Gasteiger partial charge in [0.15, 0.2) is 0 Å². The molecule has 1 amide bonds. The number of anilines is 2. The Morgan fingerprint density at radius 1 is 1.17 bits per heavy atom. The Hall–Kier alpha value is -2.62. The number of carbonyl (C=O) groups is 1. The SMILES string of the molecule is COc1ccc(NC(=O)CN(CC(C)O)c2ccccc2)cc1S(=O)(=O)N(C)C. The molecule has 29 heavy (non-hydrogen) atoms. The molecule has 0 spiro atoms. The number of benzene rings is 2. The highest BCUT2D eigenvalue weighted by molar-refractivity contribution is 7.89. The molecule has 0 saturated carbocycles. The van der Waals surface area contributed by atoms with E-state index in [1.54, 1.807) is 17.9 Å². The standard InChI is InChI=1S/C20H27N3O5S/c1-15(24)13-23(17-8-6-5-7-9-17)14-20(25)21-16-10-11-18(28-4)19(12-16)29(26,27)22(2)3/h5-12,15,24H,13-14H2,1-4H3,(H,21,25). The van der Waals surface area contributed by atoms with Gasteiger partial charge in [-0.15, -0.1) is 0 Å². The number of hydrogen-bond acceptors (Lipinski definition) is 6. The summed E-state index contributed by atoms with van der Waals surface area (Å²) in [6.45, 7) is 1.92. The molecular weight excluding hydrogens is 394 g/mol. The molecule has 2 rings (SSSR count). The molecular formula is C20H27N3O5S. The van der Waals surface area contributed by atoms with Crippen LogP contribution < -0.4 is 15.0 Å². The summed E-state index contributed by atoms with van der Waals surface area (Å²) in [6, 6.07) is 13.7. The van der Waals surface area contributed by atoms with Gasteiger partial charge in [0, 0.05) is 32.0 Å². The van der Waals surface area contributed by atoms with E-state index in [0.717, 1.165) is 9.99 Å². The van der Waals surface area contributed by atoms with Crippen LogP contribution in [0.3, 0.4) is 0 Å². The van der Waals surface area contributed by atoms with Crippen LogP contribution in [0.15, 0.2) is 53.4 Å². The number of rotatable bonds is 9. The van der Waals surface area contributed by atoms with Crippen molar-refractivity contribution in [3.63, 3.8) is 0 Å². The quantitative estimate of drug-likeness (QED) is 0.640. The highest BCUT2D eigenvalue weighted by atomic mass is 32.2. The predicted octanol–water partition coefficient (Wildman–Crippen LogP) is 1.77. The molecule has 0 radical (unpaired) electrons. The molecule has 0 aliphatic rings. The average Bonchev–Trinajstić information content (AvgIpc) is 2.67. The van der Waals surface area contributed by atoms with Crippen molar-refractivity contribution in [3.8, 4) is 5.75 Å². The lowest BCUT2D eigenvalue weighted by molar-refractivity contribution is -0.115. The van der Waals surface area contributed by atoms with Crippen LogP contribution >= 0.6 is 0 Å². The van der Waals surface area contributed by atoms with Crippen LogP contribution in [0.5, 0.6) is 5.75 Å². The van der Waals surface area contributed by atoms with E-state index in [1.807, 2.05) is 30.3 Å². The Bertz CT molecular complexity index is 930. The van der Waals surface area contributed by atoms with Crippen LogP contribution in [0.1, 0.15) is 6.92 Å². The molecule has 0 heterocycles. The molecule has 1 atom stereocenters. The average molecular weight is 422 g/mol. The summed E-state index contributed by atoms with van der Waals surface area (Å²) in [6.07, 6.45) is -0.624. The molecule has 2 aromatic carbocycles. The number of hydrogen-bond donors (Lipinski definition) is 2. The summed E-state index contributed by atoms with van der Waals surface area (Å²) in [5.74, 6) is -0.149. The minimum atomic E-state index is -3.75. The number of sulfonamides is 1. The lowest BCUT2D eigenvalue weighted by Crippen LogP contribution is -2.37. The van der Waals surface area contributed by atoms with Crippen LogP contribution in [0.25, 0.3) is 0 Å². The first-order valence-electron chi connectivity index (χ1n) is 9.03. The number of nitrogens with one attached hydrogen (secondary N) is 1. The molecule has 2 aromatic rings. The van der Waals surface area contributed by atoms with Crippen molar-refractivity contribution in [1.29, 1.82) is 0 Å². The molecule has 0 aromatic heterocycles. The number of carbonyl (C=O) groups excluding carboxylic acids is 1. The van der Waals surface area contributed by atoms with Crippen molar-refractivity contribution >= 4 is 27.3 Å². The third kappa shape index (κ3) is 5.93. The van der Waals surface area contributed by atoms with E-state index in [-0.39, 0.29) is 29.6 Å². The lowest BCUT2D eigenvalue weighted by atomic mass is 10.2. The van der Waals surface area contributed by atoms with E-state index in [9.17, 15) is 18.3 Å². The minimum Gasteiger partial charge on any atom is -0.495 e. The minimum absolute atomic E-state index is 0.00327. The van der Waals surface area contributed by atoms with Gasteiger partial charge >= 0.3 is 0 Å². The number of para-hydroxylation sites is 1. The topological polar surface area (TPSA) is 99.2 Å². The van der Waals surface area contributed by atoms with Gasteiger partial charge in [0.2, 0.25) is 15.9 Å². The van der Waals surface area contributed by atoms with Crippen molar-refractivity contribution in [2.75, 3.05) is 44.5 Å². The first-order valence-corrected chi connectivity index (χ1v) is 10.5. The Morgan fingerprint density at radius 3 is 2.38 bits per heavy atom. The van der Waals surface area contributed by atoms with Crippen molar-refractivity contribution in [2.45, 2.75) is 17.9 Å². The highest BCUT2D eigenvalue weighted by Crippen LogP contribution is 2.29. The molecule has 2 N–H and O–H groups in total. The van der Waals surface area contributed by atoms with Gasteiger partial charge < -0.3 is 20.1 Å². The predicted molar refractivity (Wildman–Crippen MR) is 113 cm³/mol. The molecule has 0 bridgehead atoms. The number of amides is 1. The van der Waals surface area contributed by atoms with Gasteiger partial charge in [-0.1, -0.05) is 18.2 Å². The van der Waals surface area contributed by atoms with Gasteiger partial charge in [0.05, 0.1) is 19.8 Å². The van der Waals surface area contributed by atoms with Gasteiger partial charge in [-0.3, -0.25) is 4.79 Å². The first kappa shape index (κ1) is 22.7. The van der Waals surface area contributed by atoms with E-state index in [2.05, 4.69) is 5.32 Å². The number of nitrogens with zero attached hydrogens (tertiary/aromatic N) is 2. The first-order chi connectivity index (χ1) is 13.6. The summed E-state index contributed by atoms with van der Waals surface area (Å²) in [5, 5.41) is 12.5. The van der Waals surface area contributed by atoms with E-state index >= 15 is 0 Å². The third-order valence-corrected chi connectivity index (χ3v) is 5.98. The van der Waals surface area contributed by atoms with Crippen LogP contribution in [-0.2, 0) is 14.8 Å². The van der Waals surface area contributed by atoms with Crippen molar-refractivity contribution in [2.24, 2.45) is 0 Å². The van der Waals surface area contributed by atoms with Crippen molar-refractivity contribution < 1.29 is 23.1 Å². The fraction of sp³-hybridized carbons (Fsp3) is 0.350. The zero-order chi connectivity index (χ0) is 21.6. The Kier molecular flexibility index (Phi) is 7.60. The molecule has 8 nitrogen and oxygen atoms in total. The Morgan fingerprint density at radius 2 is 1.83 bits per heavy atom. The maximum atomic E-state index is 12.6. The normalized spacial score (nSPS) is 12.5. The largest absolute Gasteiger partial charge is 0.495 e. The second-order valence-electron chi connectivity index (χ2n) is 6.77. The number of aliphatic hydroxyl groups is 1. The molecule has 158 valence electrons. The second-order valence-corrected chi connectivity index (χ2v) is 8.89. The van der Waals surface area contributed by atoms with Gasteiger partial charge in [0.25, 0.3) is 0 Å². The summed E-state index contributed by atoms with van der Waals surface area (Å²) in [5.41, 5.74) is 1.13. The van der Waals surface area contributed by atoms with Crippen molar-refractivity contribution in [3.05, 3.63) is 48.5 Å². The molecule has 1 unspecified atom stereocenters. The third-order valence-electron chi connectivity index (χ3n) is 4.15. The molecule has 0 aliphatic carbocycles. The fourth-order valence-corrected chi connectivity index (χ4v) is 3.82. The zero-order valence-corrected chi connectivity index (χ0v) is 17.8. The van der Waals surface area contributed by atoms with Gasteiger partial charge in [0.1, 0.15) is 10.6 Å². The van der Waals surface area contributed by atoms with Crippen LogP contribution in [0.4, 0.5) is 11.4 Å². The summed E-state index contributed by atoms with van der Waals surface area (Å²) in [4.78, 5) is 14.3. The molecule has 0 aliphatic heterocycles. The number of aliphatic hydroxyl groups excluding tert-OH is 1. The summed E-state index contributed by atoms with van der Waals surface area (Å²) in [7, 11) is 0.488. The van der Waals surface area contributed by atoms with E-state index in [1.165, 1.54) is 33.3 Å². The maximum absolute atomic E-state index is 12.6. The summed E-state index contributed by atoms with van der Waals surface area (Å²) >= 11 is 0. The lowest BCUT2D eigenvalue weighted by Gasteiger charge is -2.25. The molecule has 9 heteroatoms. The van der Waals surface area contributed by atoms with Crippen LogP contribution in [0.2, 0.25) is 0 Å².